The maximum Gasteiger partial charge on any atom is 0.235 e. The molecule has 5 nitrogen and oxygen atoms in total. The third kappa shape index (κ3) is 1.95. The Morgan fingerprint density at radius 2 is 2.05 bits per heavy atom. The van der Waals surface area contributed by atoms with Crippen LogP contribution in [0.4, 0.5) is 0 Å². The predicted octanol–water partition coefficient (Wildman–Crippen LogP) is 2.57. The highest BCUT2D eigenvalue weighted by molar-refractivity contribution is 5.59. The minimum Gasteiger partial charge on any atom is -0.492 e. The number of hydrogen-bond acceptors (Lipinski definition) is 5. The molecule has 0 atom stereocenters. The lowest BCUT2D eigenvalue weighted by atomic mass is 9.72. The Morgan fingerprint density at radius 3 is 2.70 bits per heavy atom. The summed E-state index contributed by atoms with van der Waals surface area (Å²) in [5.41, 5.74) is 0.386. The van der Waals surface area contributed by atoms with E-state index >= 15 is 0 Å². The second kappa shape index (κ2) is 5.17. The van der Waals surface area contributed by atoms with Gasteiger partial charge in [-0.25, -0.2) is 4.79 Å². The molecule has 106 valence electrons. The van der Waals surface area contributed by atoms with Gasteiger partial charge in [0, 0.05) is 12.0 Å². The number of isocyanates is 1. The van der Waals surface area contributed by atoms with E-state index in [1.807, 2.05) is 12.1 Å². The number of ether oxygens (including phenoxy) is 3. The number of carbonyl (C=O) groups excluding carboxylic acids is 1. The van der Waals surface area contributed by atoms with E-state index in [0.29, 0.717) is 30.5 Å². The summed E-state index contributed by atoms with van der Waals surface area (Å²) in [5.74, 6) is 1.94. The van der Waals surface area contributed by atoms with Crippen LogP contribution in [0.1, 0.15) is 31.2 Å². The zero-order valence-corrected chi connectivity index (χ0v) is 11.5. The second-order valence-corrected chi connectivity index (χ2v) is 5.11. The maximum absolute atomic E-state index is 10.7. The minimum atomic E-state index is -0.502. The molecule has 1 aliphatic carbocycles. The fourth-order valence-electron chi connectivity index (χ4n) is 2.82. The summed E-state index contributed by atoms with van der Waals surface area (Å²) in [5, 5.41) is 0. The number of aliphatic imine (C=N–C) groups is 1. The van der Waals surface area contributed by atoms with Crippen LogP contribution in [0.5, 0.6) is 17.2 Å². The number of hydrogen-bond donors (Lipinski definition) is 0. The average molecular weight is 275 g/mol. The Kier molecular flexibility index (Phi) is 3.36. The largest absolute Gasteiger partial charge is 0.492 e. The lowest BCUT2D eigenvalue weighted by Gasteiger charge is -2.38. The Labute approximate surface area is 117 Å². The van der Waals surface area contributed by atoms with Crippen molar-refractivity contribution >= 4 is 6.08 Å². The third-order valence-corrected chi connectivity index (χ3v) is 4.01. The lowest BCUT2D eigenvalue weighted by molar-refractivity contribution is 0.239. The Bertz CT molecular complexity index is 559. The number of nitrogens with zero attached hydrogens (tertiary/aromatic N) is 1. The average Bonchev–Trinajstić information content (AvgIpc) is 2.67. The monoisotopic (exact) mass is 275 g/mol. The third-order valence-electron chi connectivity index (χ3n) is 4.01. The van der Waals surface area contributed by atoms with Gasteiger partial charge in [-0.15, -0.1) is 0 Å². The molecule has 0 N–H and O–H groups in total. The molecule has 0 saturated heterocycles. The van der Waals surface area contributed by atoms with Crippen molar-refractivity contribution in [1.29, 1.82) is 0 Å². The van der Waals surface area contributed by atoms with E-state index in [4.69, 9.17) is 14.2 Å². The molecule has 1 heterocycles. The normalized spacial score (nSPS) is 19.2. The summed E-state index contributed by atoms with van der Waals surface area (Å²) >= 11 is 0. The molecule has 5 heteroatoms. The molecule has 0 aromatic heterocycles. The van der Waals surface area contributed by atoms with Crippen LogP contribution in [0.2, 0.25) is 0 Å². The standard InChI is InChI=1S/C15H17NO4/c1-18-13-11(15(16-10-17)6-2-7-15)4-5-12-14(13)20-9-3-8-19-12/h4-5H,2-3,6-9H2,1H3. The molecule has 0 radical (unpaired) electrons. The molecule has 2 aliphatic rings. The van der Waals surface area contributed by atoms with Crippen LogP contribution in [0, 0.1) is 0 Å². The quantitative estimate of drug-likeness (QED) is 0.628. The molecular weight excluding hydrogens is 258 g/mol. The van der Waals surface area contributed by atoms with Gasteiger partial charge in [0.2, 0.25) is 11.8 Å². The van der Waals surface area contributed by atoms with Gasteiger partial charge in [-0.3, -0.25) is 0 Å². The van der Waals surface area contributed by atoms with Crippen LogP contribution >= 0.6 is 0 Å². The smallest absolute Gasteiger partial charge is 0.235 e. The summed E-state index contributed by atoms with van der Waals surface area (Å²) < 4.78 is 17.0. The van der Waals surface area contributed by atoms with Gasteiger partial charge in [-0.2, -0.15) is 4.99 Å². The first-order valence-corrected chi connectivity index (χ1v) is 6.87. The number of benzene rings is 1. The molecule has 1 fully saturated rings. The molecule has 0 bridgehead atoms. The van der Waals surface area contributed by atoms with E-state index in [1.165, 1.54) is 0 Å². The maximum atomic E-state index is 10.7. The molecule has 1 aliphatic heterocycles. The molecule has 1 saturated carbocycles. The van der Waals surface area contributed by atoms with Crippen LogP contribution in [0.25, 0.3) is 0 Å². The highest BCUT2D eigenvalue weighted by Crippen LogP contribution is 2.52. The lowest BCUT2D eigenvalue weighted by Crippen LogP contribution is -2.32. The van der Waals surface area contributed by atoms with E-state index in [2.05, 4.69) is 4.99 Å². The van der Waals surface area contributed by atoms with Gasteiger partial charge in [-0.1, -0.05) is 0 Å². The van der Waals surface area contributed by atoms with Gasteiger partial charge in [-0.05, 0) is 31.4 Å². The van der Waals surface area contributed by atoms with Gasteiger partial charge in [0.05, 0.1) is 20.3 Å². The van der Waals surface area contributed by atoms with Crippen LogP contribution < -0.4 is 14.2 Å². The molecule has 20 heavy (non-hydrogen) atoms. The summed E-state index contributed by atoms with van der Waals surface area (Å²) in [4.78, 5) is 14.8. The van der Waals surface area contributed by atoms with Crippen LogP contribution in [-0.4, -0.2) is 26.4 Å². The van der Waals surface area contributed by atoms with E-state index in [9.17, 15) is 4.79 Å². The number of fused-ring (bicyclic) bond motifs is 1. The van der Waals surface area contributed by atoms with Crippen molar-refractivity contribution in [2.24, 2.45) is 4.99 Å². The van der Waals surface area contributed by atoms with Gasteiger partial charge >= 0.3 is 0 Å². The van der Waals surface area contributed by atoms with Crippen molar-refractivity contribution in [2.75, 3.05) is 20.3 Å². The molecule has 0 unspecified atom stereocenters. The zero-order chi connectivity index (χ0) is 14.0. The van der Waals surface area contributed by atoms with E-state index in [0.717, 1.165) is 31.2 Å². The SMILES string of the molecule is COc1c(C2(N=C=O)CCC2)ccc2c1OCCCO2. The van der Waals surface area contributed by atoms with Crippen LogP contribution in [0.15, 0.2) is 17.1 Å². The van der Waals surface area contributed by atoms with E-state index < -0.39 is 5.54 Å². The van der Waals surface area contributed by atoms with Crippen LogP contribution in [-0.2, 0) is 10.3 Å². The van der Waals surface area contributed by atoms with Crippen molar-refractivity contribution in [2.45, 2.75) is 31.2 Å². The zero-order valence-electron chi connectivity index (χ0n) is 11.5. The fourth-order valence-corrected chi connectivity index (χ4v) is 2.82. The Balaban J connectivity index is 2.12. The number of methoxy groups -OCH3 is 1. The molecule has 1 aromatic rings. The summed E-state index contributed by atoms with van der Waals surface area (Å²) in [6.45, 7) is 1.23. The first-order valence-electron chi connectivity index (χ1n) is 6.87. The van der Waals surface area contributed by atoms with Crippen molar-refractivity contribution in [3.05, 3.63) is 17.7 Å². The summed E-state index contributed by atoms with van der Waals surface area (Å²) in [6, 6.07) is 3.80. The Hall–Kier alpha value is -2.00. The molecule has 3 rings (SSSR count). The van der Waals surface area contributed by atoms with Gasteiger partial charge in [0.25, 0.3) is 0 Å². The topological polar surface area (TPSA) is 57.1 Å². The number of rotatable bonds is 3. The first-order chi connectivity index (χ1) is 9.80. The van der Waals surface area contributed by atoms with Gasteiger partial charge in [0.15, 0.2) is 11.5 Å². The fraction of sp³-hybridized carbons (Fsp3) is 0.533. The molecular formula is C15H17NO4. The van der Waals surface area contributed by atoms with E-state index in [1.54, 1.807) is 13.2 Å². The highest BCUT2D eigenvalue weighted by Gasteiger charge is 2.42. The highest BCUT2D eigenvalue weighted by atomic mass is 16.5. The first kappa shape index (κ1) is 13.0. The summed E-state index contributed by atoms with van der Waals surface area (Å²) in [6.07, 6.45) is 5.25. The van der Waals surface area contributed by atoms with Crippen LogP contribution in [0.3, 0.4) is 0 Å². The van der Waals surface area contributed by atoms with Crippen molar-refractivity contribution in [3.63, 3.8) is 0 Å². The predicted molar refractivity (Wildman–Crippen MR) is 72.3 cm³/mol. The molecule has 0 amide bonds. The second-order valence-electron chi connectivity index (χ2n) is 5.11. The molecule has 0 spiro atoms. The van der Waals surface area contributed by atoms with Gasteiger partial charge < -0.3 is 14.2 Å². The van der Waals surface area contributed by atoms with Crippen molar-refractivity contribution < 1.29 is 19.0 Å². The Morgan fingerprint density at radius 1 is 1.25 bits per heavy atom. The summed E-state index contributed by atoms with van der Waals surface area (Å²) in [7, 11) is 1.60. The van der Waals surface area contributed by atoms with Crippen molar-refractivity contribution in [3.8, 4) is 17.2 Å². The van der Waals surface area contributed by atoms with Gasteiger partial charge in [0.1, 0.15) is 5.54 Å². The van der Waals surface area contributed by atoms with Crippen molar-refractivity contribution in [1.82, 2.24) is 0 Å². The molecule has 1 aromatic carbocycles. The van der Waals surface area contributed by atoms with E-state index in [-0.39, 0.29) is 0 Å². The minimum absolute atomic E-state index is 0.502.